The second kappa shape index (κ2) is 8.54. The van der Waals surface area contributed by atoms with E-state index in [-0.39, 0.29) is 0 Å². The van der Waals surface area contributed by atoms with Crippen LogP contribution in [0.2, 0.25) is 0 Å². The van der Waals surface area contributed by atoms with Crippen LogP contribution in [-0.4, -0.2) is 60.1 Å². The largest absolute Gasteiger partial charge is 0.373 e. The van der Waals surface area contributed by atoms with Gasteiger partial charge in [-0.2, -0.15) is 11.8 Å². The molecule has 3 aliphatic heterocycles. The van der Waals surface area contributed by atoms with Crippen LogP contribution < -0.4 is 0 Å². The molecule has 134 valence electrons. The van der Waals surface area contributed by atoms with Crippen LogP contribution in [0.3, 0.4) is 0 Å². The predicted octanol–water partition coefficient (Wildman–Crippen LogP) is 4.00. The Bertz CT molecular complexity index is 501. The number of piperazine rings is 1. The molecule has 0 amide bonds. The van der Waals surface area contributed by atoms with Gasteiger partial charge < -0.3 is 4.74 Å². The quantitative estimate of drug-likeness (QED) is 0.800. The molecule has 1 aromatic heterocycles. The summed E-state index contributed by atoms with van der Waals surface area (Å²) in [5.41, 5.74) is 0. The number of thiophene rings is 1. The minimum Gasteiger partial charge on any atom is -0.373 e. The monoisotopic (exact) mass is 366 g/mol. The van der Waals surface area contributed by atoms with Crippen LogP contribution in [0, 0.1) is 0 Å². The van der Waals surface area contributed by atoms with Crippen molar-refractivity contribution in [1.29, 1.82) is 0 Å². The summed E-state index contributed by atoms with van der Waals surface area (Å²) in [6.45, 7) is 7.07. The zero-order valence-electron chi connectivity index (χ0n) is 14.6. The van der Waals surface area contributed by atoms with Crippen molar-refractivity contribution in [2.45, 2.75) is 50.8 Å². The number of nitrogens with zero attached hydrogens (tertiary/aromatic N) is 2. The molecule has 0 radical (unpaired) electrons. The summed E-state index contributed by atoms with van der Waals surface area (Å²) >= 11 is 4.11. The first-order chi connectivity index (χ1) is 11.9. The third-order valence-electron chi connectivity index (χ3n) is 5.67. The molecule has 5 heteroatoms. The number of rotatable bonds is 4. The van der Waals surface area contributed by atoms with Gasteiger partial charge in [-0.15, -0.1) is 11.3 Å². The molecule has 24 heavy (non-hydrogen) atoms. The Morgan fingerprint density at radius 3 is 2.58 bits per heavy atom. The Hall–Kier alpha value is -0.0700. The first-order valence-corrected chi connectivity index (χ1v) is 11.6. The summed E-state index contributed by atoms with van der Waals surface area (Å²) in [5.74, 6) is 2.73. The lowest BCUT2D eigenvalue weighted by atomic mass is 10.1. The van der Waals surface area contributed by atoms with Crippen LogP contribution in [0.15, 0.2) is 12.1 Å². The molecule has 3 saturated heterocycles. The van der Waals surface area contributed by atoms with Gasteiger partial charge >= 0.3 is 0 Å². The standard InChI is InChI=1S/C19H30N2OS2/c1-2-12-22-18(3-1)19-5-4-17(24-19)15-20-8-10-21(11-9-20)16-6-13-23-14-7-16/h4-5,16,18H,1-3,6-15H2/t18-/m1/s1. The van der Waals surface area contributed by atoms with E-state index in [9.17, 15) is 0 Å². The SMILES string of the molecule is c1cc([C@H]2CCCCO2)sc1CN1CCN(C2CCSCC2)CC1. The molecular formula is C19H30N2OS2. The van der Waals surface area contributed by atoms with Crippen molar-refractivity contribution in [1.82, 2.24) is 9.80 Å². The van der Waals surface area contributed by atoms with Crippen molar-refractivity contribution in [3.05, 3.63) is 21.9 Å². The number of hydrogen-bond acceptors (Lipinski definition) is 5. The highest BCUT2D eigenvalue weighted by Crippen LogP contribution is 2.33. The van der Waals surface area contributed by atoms with Gasteiger partial charge in [0.2, 0.25) is 0 Å². The molecule has 0 spiro atoms. The molecule has 4 rings (SSSR count). The fourth-order valence-corrected chi connectivity index (χ4v) is 6.40. The van der Waals surface area contributed by atoms with Crippen molar-refractivity contribution in [2.24, 2.45) is 0 Å². The van der Waals surface area contributed by atoms with Crippen LogP contribution in [-0.2, 0) is 11.3 Å². The number of hydrogen-bond donors (Lipinski definition) is 0. The van der Waals surface area contributed by atoms with Crippen molar-refractivity contribution < 1.29 is 4.74 Å². The Kier molecular flexibility index (Phi) is 6.17. The van der Waals surface area contributed by atoms with Gasteiger partial charge in [-0.05, 0) is 55.7 Å². The third-order valence-corrected chi connectivity index (χ3v) is 7.88. The second-order valence-corrected chi connectivity index (χ2v) is 9.74. The molecule has 0 aliphatic carbocycles. The Morgan fingerprint density at radius 2 is 1.83 bits per heavy atom. The van der Waals surface area contributed by atoms with E-state index in [4.69, 9.17) is 4.74 Å². The number of thioether (sulfide) groups is 1. The van der Waals surface area contributed by atoms with E-state index < -0.39 is 0 Å². The second-order valence-electron chi connectivity index (χ2n) is 7.31. The first kappa shape index (κ1) is 17.3. The topological polar surface area (TPSA) is 15.7 Å². The summed E-state index contributed by atoms with van der Waals surface area (Å²) in [5, 5.41) is 0. The lowest BCUT2D eigenvalue weighted by molar-refractivity contribution is 0.0172. The van der Waals surface area contributed by atoms with E-state index in [2.05, 4.69) is 33.7 Å². The average Bonchev–Trinajstić information content (AvgIpc) is 3.12. The average molecular weight is 367 g/mol. The van der Waals surface area contributed by atoms with Gasteiger partial charge in [0.1, 0.15) is 0 Å². The van der Waals surface area contributed by atoms with Crippen molar-refractivity contribution in [2.75, 3.05) is 44.3 Å². The summed E-state index contributed by atoms with van der Waals surface area (Å²) in [7, 11) is 0. The fourth-order valence-electron chi connectivity index (χ4n) is 4.17. The molecule has 0 bridgehead atoms. The van der Waals surface area contributed by atoms with E-state index in [1.54, 1.807) is 0 Å². The Balaban J connectivity index is 1.25. The fraction of sp³-hybridized carbons (Fsp3) is 0.789. The highest BCUT2D eigenvalue weighted by molar-refractivity contribution is 7.99. The van der Waals surface area contributed by atoms with E-state index in [1.807, 2.05) is 11.3 Å². The molecule has 0 aromatic carbocycles. The molecule has 0 saturated carbocycles. The van der Waals surface area contributed by atoms with Gasteiger partial charge in [-0.1, -0.05) is 0 Å². The predicted molar refractivity (Wildman–Crippen MR) is 104 cm³/mol. The van der Waals surface area contributed by atoms with Gasteiger partial charge in [-0.3, -0.25) is 9.80 Å². The zero-order valence-corrected chi connectivity index (χ0v) is 16.3. The van der Waals surface area contributed by atoms with Crippen LogP contribution in [0.1, 0.15) is 48.0 Å². The Labute approximate surface area is 154 Å². The molecule has 3 fully saturated rings. The Morgan fingerprint density at radius 1 is 1.00 bits per heavy atom. The molecule has 3 nitrogen and oxygen atoms in total. The summed E-state index contributed by atoms with van der Waals surface area (Å²) in [6, 6.07) is 5.51. The van der Waals surface area contributed by atoms with Crippen molar-refractivity contribution in [3.63, 3.8) is 0 Å². The van der Waals surface area contributed by atoms with Crippen LogP contribution >= 0.6 is 23.1 Å². The zero-order chi connectivity index (χ0) is 16.2. The molecular weight excluding hydrogens is 336 g/mol. The van der Waals surface area contributed by atoms with Gasteiger partial charge in [0, 0.05) is 55.1 Å². The minimum absolute atomic E-state index is 0.374. The van der Waals surface area contributed by atoms with Crippen LogP contribution in [0.4, 0.5) is 0 Å². The van der Waals surface area contributed by atoms with Gasteiger partial charge in [0.05, 0.1) is 6.10 Å². The maximum atomic E-state index is 5.94. The maximum absolute atomic E-state index is 5.94. The molecule has 1 aromatic rings. The molecule has 3 aliphatic rings. The molecule has 0 unspecified atom stereocenters. The van der Waals surface area contributed by atoms with E-state index in [1.165, 1.54) is 79.5 Å². The molecule has 0 N–H and O–H groups in total. The summed E-state index contributed by atoms with van der Waals surface area (Å²) < 4.78 is 5.94. The van der Waals surface area contributed by atoms with E-state index in [0.29, 0.717) is 6.10 Å². The lowest BCUT2D eigenvalue weighted by Crippen LogP contribution is -2.50. The molecule has 1 atom stereocenters. The van der Waals surface area contributed by atoms with E-state index >= 15 is 0 Å². The van der Waals surface area contributed by atoms with E-state index in [0.717, 1.165) is 19.2 Å². The van der Waals surface area contributed by atoms with Crippen molar-refractivity contribution in [3.8, 4) is 0 Å². The lowest BCUT2D eigenvalue weighted by Gasteiger charge is -2.40. The van der Waals surface area contributed by atoms with Gasteiger partial charge in [0.15, 0.2) is 0 Å². The van der Waals surface area contributed by atoms with Gasteiger partial charge in [-0.25, -0.2) is 0 Å². The van der Waals surface area contributed by atoms with Crippen LogP contribution in [0.25, 0.3) is 0 Å². The summed E-state index contributed by atoms with van der Waals surface area (Å²) in [4.78, 5) is 8.36. The molecule has 4 heterocycles. The third kappa shape index (κ3) is 4.36. The van der Waals surface area contributed by atoms with Crippen LogP contribution in [0.5, 0.6) is 0 Å². The first-order valence-electron chi connectivity index (χ1n) is 9.63. The maximum Gasteiger partial charge on any atom is 0.0916 e. The summed E-state index contributed by atoms with van der Waals surface area (Å²) in [6.07, 6.45) is 6.94. The highest BCUT2D eigenvalue weighted by atomic mass is 32.2. The smallest absolute Gasteiger partial charge is 0.0916 e. The minimum atomic E-state index is 0.374. The van der Waals surface area contributed by atoms with Crippen molar-refractivity contribution >= 4 is 23.1 Å². The van der Waals surface area contributed by atoms with Gasteiger partial charge in [0.25, 0.3) is 0 Å². The highest BCUT2D eigenvalue weighted by Gasteiger charge is 2.25. The normalized spacial score (nSPS) is 28.2. The number of ether oxygens (including phenoxy) is 1.